The summed E-state index contributed by atoms with van der Waals surface area (Å²) in [7, 11) is 0. The van der Waals surface area contributed by atoms with Crippen LogP contribution in [0.3, 0.4) is 0 Å². The van der Waals surface area contributed by atoms with E-state index in [1.165, 1.54) is 0 Å². The van der Waals surface area contributed by atoms with E-state index in [4.69, 9.17) is 0 Å². The van der Waals surface area contributed by atoms with Crippen LogP contribution in [0.4, 0.5) is 0 Å². The maximum Gasteiger partial charge on any atom is 0.00772 e. The van der Waals surface area contributed by atoms with Gasteiger partial charge >= 0.3 is 0 Å². The molecule has 0 saturated carbocycles. The molecular formula is C10H30Cl5N5. The lowest BCUT2D eigenvalue weighted by atomic mass is 10.5. The minimum Gasteiger partial charge on any atom is -0.314 e. The Morgan fingerprint density at radius 2 is 0.350 bits per heavy atom. The molecule has 0 aromatic heterocycles. The van der Waals surface area contributed by atoms with Crippen molar-refractivity contribution in [2.75, 3.05) is 65.4 Å². The molecule has 0 unspecified atom stereocenters. The van der Waals surface area contributed by atoms with E-state index in [2.05, 4.69) is 26.6 Å². The van der Waals surface area contributed by atoms with Gasteiger partial charge in [0, 0.05) is 65.4 Å². The molecule has 1 saturated heterocycles. The summed E-state index contributed by atoms with van der Waals surface area (Å²) in [6, 6.07) is 0. The van der Waals surface area contributed by atoms with E-state index in [1.54, 1.807) is 0 Å². The van der Waals surface area contributed by atoms with Crippen molar-refractivity contribution in [2.45, 2.75) is 0 Å². The highest BCUT2D eigenvalue weighted by atomic mass is 35.5. The Kier molecular flexibility index (Phi) is 46.9. The van der Waals surface area contributed by atoms with E-state index in [9.17, 15) is 0 Å². The molecule has 130 valence electrons. The van der Waals surface area contributed by atoms with Crippen molar-refractivity contribution in [1.29, 1.82) is 0 Å². The maximum atomic E-state index is 3.39. The Balaban J connectivity index is -0.000000150. The van der Waals surface area contributed by atoms with Crippen LogP contribution in [-0.4, -0.2) is 65.4 Å². The van der Waals surface area contributed by atoms with Crippen LogP contribution < -0.4 is 26.6 Å². The zero-order chi connectivity index (χ0) is 10.6. The first-order valence-electron chi connectivity index (χ1n) is 6.04. The Labute approximate surface area is 154 Å². The van der Waals surface area contributed by atoms with Crippen molar-refractivity contribution >= 4 is 62.0 Å². The molecule has 1 rings (SSSR count). The first-order chi connectivity index (χ1) is 7.50. The molecule has 0 radical (unpaired) electrons. The molecular weight excluding hydrogens is 367 g/mol. The standard InChI is InChI=1S/C10H25N5.5ClH/c1-2-12-5-6-14-9-10-15-8-7-13-4-3-11-1;;;;;/h11-15H,1-10H2;5*1H. The average Bonchev–Trinajstić information content (AvgIpc) is 2.27. The second-order valence-electron chi connectivity index (χ2n) is 3.75. The predicted octanol–water partition coefficient (Wildman–Crippen LogP) is 0.0570. The predicted molar refractivity (Wildman–Crippen MR) is 101 cm³/mol. The van der Waals surface area contributed by atoms with Crippen LogP contribution in [0.25, 0.3) is 0 Å². The van der Waals surface area contributed by atoms with Crippen LogP contribution in [0, 0.1) is 0 Å². The molecule has 1 fully saturated rings. The van der Waals surface area contributed by atoms with Gasteiger partial charge in [0.15, 0.2) is 0 Å². The molecule has 1 heterocycles. The highest BCUT2D eigenvalue weighted by Gasteiger charge is 1.92. The first-order valence-corrected chi connectivity index (χ1v) is 6.04. The van der Waals surface area contributed by atoms with E-state index in [1.807, 2.05) is 0 Å². The molecule has 0 aliphatic carbocycles. The third-order valence-electron chi connectivity index (χ3n) is 2.39. The largest absolute Gasteiger partial charge is 0.314 e. The molecule has 0 aromatic rings. The van der Waals surface area contributed by atoms with Crippen LogP contribution in [-0.2, 0) is 0 Å². The number of halogens is 5. The van der Waals surface area contributed by atoms with Crippen LogP contribution in [0.2, 0.25) is 0 Å². The van der Waals surface area contributed by atoms with E-state index >= 15 is 0 Å². The van der Waals surface area contributed by atoms with E-state index < -0.39 is 0 Å². The van der Waals surface area contributed by atoms with E-state index in [0.29, 0.717) is 0 Å². The molecule has 0 bridgehead atoms. The molecule has 0 aromatic carbocycles. The van der Waals surface area contributed by atoms with Crippen molar-refractivity contribution in [3.05, 3.63) is 0 Å². The number of nitrogens with one attached hydrogen (secondary N) is 5. The topological polar surface area (TPSA) is 60.1 Å². The lowest BCUT2D eigenvalue weighted by Crippen LogP contribution is -2.35. The SMILES string of the molecule is C1CNCCNCCNCCNCCN1.Cl.Cl.Cl.Cl.Cl. The Morgan fingerprint density at radius 1 is 0.250 bits per heavy atom. The summed E-state index contributed by atoms with van der Waals surface area (Å²) in [6.07, 6.45) is 0. The van der Waals surface area contributed by atoms with Gasteiger partial charge in [0.2, 0.25) is 0 Å². The van der Waals surface area contributed by atoms with Crippen LogP contribution in [0.15, 0.2) is 0 Å². The summed E-state index contributed by atoms with van der Waals surface area (Å²) in [5, 5.41) is 16.9. The second kappa shape index (κ2) is 28.4. The highest BCUT2D eigenvalue weighted by molar-refractivity contribution is 5.86. The van der Waals surface area contributed by atoms with Gasteiger partial charge in [-0.2, -0.15) is 0 Å². The number of hydrogen-bond acceptors (Lipinski definition) is 5. The molecule has 5 nitrogen and oxygen atoms in total. The first kappa shape index (κ1) is 33.0. The van der Waals surface area contributed by atoms with Gasteiger partial charge < -0.3 is 26.6 Å². The average molecular weight is 398 g/mol. The fourth-order valence-electron chi connectivity index (χ4n) is 1.51. The monoisotopic (exact) mass is 395 g/mol. The second-order valence-corrected chi connectivity index (χ2v) is 3.75. The minimum absolute atomic E-state index is 0. The molecule has 1 aliphatic heterocycles. The van der Waals surface area contributed by atoms with Crippen LogP contribution in [0.1, 0.15) is 0 Å². The Hall–Kier alpha value is 1.25. The van der Waals surface area contributed by atoms with E-state index in [0.717, 1.165) is 65.4 Å². The normalized spacial score (nSPS) is 18.0. The van der Waals surface area contributed by atoms with Gasteiger partial charge in [0.25, 0.3) is 0 Å². The summed E-state index contributed by atoms with van der Waals surface area (Å²) in [4.78, 5) is 0. The van der Waals surface area contributed by atoms with Crippen molar-refractivity contribution < 1.29 is 0 Å². The minimum atomic E-state index is 0. The third-order valence-corrected chi connectivity index (χ3v) is 2.39. The summed E-state index contributed by atoms with van der Waals surface area (Å²) in [6.45, 7) is 10.6. The molecule has 10 heteroatoms. The zero-order valence-corrected chi connectivity index (χ0v) is 15.7. The van der Waals surface area contributed by atoms with Gasteiger partial charge in [0.05, 0.1) is 0 Å². The quantitative estimate of drug-likeness (QED) is 0.400. The summed E-state index contributed by atoms with van der Waals surface area (Å²) in [5.41, 5.74) is 0. The summed E-state index contributed by atoms with van der Waals surface area (Å²) < 4.78 is 0. The van der Waals surface area contributed by atoms with Crippen molar-refractivity contribution in [2.24, 2.45) is 0 Å². The van der Waals surface area contributed by atoms with Gasteiger partial charge in [-0.25, -0.2) is 0 Å². The molecule has 0 spiro atoms. The fraction of sp³-hybridized carbons (Fsp3) is 1.00. The van der Waals surface area contributed by atoms with Crippen molar-refractivity contribution in [3.8, 4) is 0 Å². The van der Waals surface area contributed by atoms with Gasteiger partial charge in [-0.3, -0.25) is 0 Å². The van der Waals surface area contributed by atoms with Crippen molar-refractivity contribution in [3.63, 3.8) is 0 Å². The third kappa shape index (κ3) is 24.3. The highest BCUT2D eigenvalue weighted by Crippen LogP contribution is 1.66. The van der Waals surface area contributed by atoms with Crippen LogP contribution in [0.5, 0.6) is 0 Å². The molecule has 20 heavy (non-hydrogen) atoms. The fourth-order valence-corrected chi connectivity index (χ4v) is 1.51. The molecule has 0 amide bonds. The van der Waals surface area contributed by atoms with Gasteiger partial charge in [-0.1, -0.05) is 0 Å². The molecule has 5 N–H and O–H groups in total. The molecule has 0 atom stereocenters. The van der Waals surface area contributed by atoms with Gasteiger partial charge in [-0.05, 0) is 0 Å². The lowest BCUT2D eigenvalue weighted by Gasteiger charge is -2.06. The van der Waals surface area contributed by atoms with Gasteiger partial charge in [-0.15, -0.1) is 62.0 Å². The number of rotatable bonds is 0. The Bertz CT molecular complexity index is 88.6. The Morgan fingerprint density at radius 3 is 0.450 bits per heavy atom. The van der Waals surface area contributed by atoms with Crippen LogP contribution >= 0.6 is 62.0 Å². The van der Waals surface area contributed by atoms with Crippen molar-refractivity contribution in [1.82, 2.24) is 26.6 Å². The lowest BCUT2D eigenvalue weighted by molar-refractivity contribution is 0.577. The smallest absolute Gasteiger partial charge is 0.00772 e. The maximum absolute atomic E-state index is 3.39. The molecule has 1 aliphatic rings. The number of hydrogen-bond donors (Lipinski definition) is 5. The summed E-state index contributed by atoms with van der Waals surface area (Å²) >= 11 is 0. The van der Waals surface area contributed by atoms with Gasteiger partial charge in [0.1, 0.15) is 0 Å². The van der Waals surface area contributed by atoms with E-state index in [-0.39, 0.29) is 62.0 Å². The zero-order valence-electron chi connectivity index (χ0n) is 11.6. The summed E-state index contributed by atoms with van der Waals surface area (Å²) in [5.74, 6) is 0.